The number of thiophene rings is 1. The van der Waals surface area contributed by atoms with Crippen LogP contribution in [0.25, 0.3) is 0 Å². The summed E-state index contributed by atoms with van der Waals surface area (Å²) in [6.45, 7) is 3.16. The molecule has 0 bridgehead atoms. The molecule has 1 aliphatic heterocycles. The molecule has 1 aliphatic rings. The van der Waals surface area contributed by atoms with E-state index in [1.165, 1.54) is 11.1 Å². The van der Waals surface area contributed by atoms with E-state index in [1.807, 2.05) is 0 Å². The van der Waals surface area contributed by atoms with E-state index < -0.39 is 0 Å². The molecule has 1 fully saturated rings. The van der Waals surface area contributed by atoms with Crippen LogP contribution in [0.4, 0.5) is 0 Å². The normalized spacial score (nSPS) is 21.7. The lowest BCUT2D eigenvalue weighted by Gasteiger charge is -2.32. The van der Waals surface area contributed by atoms with Crippen LogP contribution in [0, 0.1) is 0 Å². The molecule has 2 nitrogen and oxygen atoms in total. The van der Waals surface area contributed by atoms with Crippen molar-refractivity contribution in [1.82, 2.24) is 10.6 Å². The Morgan fingerprint density at radius 1 is 1.06 bits per heavy atom. The highest BCUT2D eigenvalue weighted by molar-refractivity contribution is 7.08. The van der Waals surface area contributed by atoms with Crippen molar-refractivity contribution in [2.24, 2.45) is 0 Å². The Hall–Kier alpha value is -1.16. The molecule has 0 spiro atoms. The number of rotatable bonds is 3. The summed E-state index contributed by atoms with van der Waals surface area (Å²) < 4.78 is 0. The lowest BCUT2D eigenvalue weighted by molar-refractivity contribution is 0.389. The van der Waals surface area contributed by atoms with Gasteiger partial charge < -0.3 is 10.6 Å². The second-order valence-corrected chi connectivity index (χ2v) is 5.49. The Morgan fingerprint density at radius 3 is 2.61 bits per heavy atom. The van der Waals surface area contributed by atoms with Gasteiger partial charge in [0.15, 0.2) is 0 Å². The van der Waals surface area contributed by atoms with Crippen LogP contribution in [0.5, 0.6) is 0 Å². The largest absolute Gasteiger partial charge is 0.314 e. The van der Waals surface area contributed by atoms with Crippen molar-refractivity contribution in [2.45, 2.75) is 12.0 Å². The second kappa shape index (κ2) is 5.65. The predicted molar refractivity (Wildman–Crippen MR) is 77.3 cm³/mol. The summed E-state index contributed by atoms with van der Waals surface area (Å²) >= 11 is 1.78. The zero-order valence-electron chi connectivity index (χ0n) is 10.3. The van der Waals surface area contributed by atoms with Crippen molar-refractivity contribution in [3.05, 3.63) is 58.3 Å². The molecule has 0 amide bonds. The summed E-state index contributed by atoms with van der Waals surface area (Å²) in [5.41, 5.74) is 2.82. The number of hydrogen-bond donors (Lipinski definition) is 2. The van der Waals surface area contributed by atoms with Crippen LogP contribution in [0.15, 0.2) is 47.2 Å². The van der Waals surface area contributed by atoms with Crippen molar-refractivity contribution in [2.75, 3.05) is 19.6 Å². The molecule has 2 N–H and O–H groups in total. The van der Waals surface area contributed by atoms with Gasteiger partial charge in [-0.1, -0.05) is 30.3 Å². The third-order valence-electron chi connectivity index (χ3n) is 3.54. The SMILES string of the molecule is c1ccc(C(c2ccsc2)C2CNCCN2)cc1. The first-order chi connectivity index (χ1) is 8.95. The van der Waals surface area contributed by atoms with Gasteiger partial charge in [0, 0.05) is 31.6 Å². The van der Waals surface area contributed by atoms with Crippen LogP contribution in [0.1, 0.15) is 17.0 Å². The van der Waals surface area contributed by atoms with Crippen molar-refractivity contribution < 1.29 is 0 Å². The molecule has 0 aliphatic carbocycles. The summed E-state index contributed by atoms with van der Waals surface area (Å²) in [5.74, 6) is 0.449. The summed E-state index contributed by atoms with van der Waals surface area (Å²) in [6.07, 6.45) is 0. The molecule has 3 rings (SSSR count). The Kier molecular flexibility index (Phi) is 3.74. The van der Waals surface area contributed by atoms with Gasteiger partial charge in [-0.05, 0) is 28.0 Å². The molecule has 0 saturated carbocycles. The number of piperazine rings is 1. The summed E-state index contributed by atoms with van der Waals surface area (Å²) in [4.78, 5) is 0. The van der Waals surface area contributed by atoms with Gasteiger partial charge in [-0.15, -0.1) is 0 Å². The van der Waals surface area contributed by atoms with Gasteiger partial charge in [0.05, 0.1) is 0 Å². The minimum absolute atomic E-state index is 0.449. The number of benzene rings is 1. The van der Waals surface area contributed by atoms with E-state index in [1.54, 1.807) is 11.3 Å². The van der Waals surface area contributed by atoms with Gasteiger partial charge in [0.2, 0.25) is 0 Å². The van der Waals surface area contributed by atoms with Crippen LogP contribution in [-0.4, -0.2) is 25.7 Å². The van der Waals surface area contributed by atoms with Crippen LogP contribution in [-0.2, 0) is 0 Å². The first-order valence-electron chi connectivity index (χ1n) is 6.46. The van der Waals surface area contributed by atoms with Gasteiger partial charge in [-0.3, -0.25) is 0 Å². The van der Waals surface area contributed by atoms with E-state index in [2.05, 4.69) is 57.8 Å². The highest BCUT2D eigenvalue weighted by Crippen LogP contribution is 2.29. The molecule has 3 heteroatoms. The molecular weight excluding hydrogens is 240 g/mol. The van der Waals surface area contributed by atoms with Crippen molar-refractivity contribution in [3.63, 3.8) is 0 Å². The fraction of sp³-hybridized carbons (Fsp3) is 0.333. The average molecular weight is 258 g/mol. The third-order valence-corrected chi connectivity index (χ3v) is 4.24. The van der Waals surface area contributed by atoms with Gasteiger partial charge in [-0.2, -0.15) is 11.3 Å². The van der Waals surface area contributed by atoms with Crippen molar-refractivity contribution in [1.29, 1.82) is 0 Å². The number of nitrogens with one attached hydrogen (secondary N) is 2. The Morgan fingerprint density at radius 2 is 1.94 bits per heavy atom. The summed E-state index contributed by atoms with van der Waals surface area (Å²) in [6, 6.07) is 13.5. The topological polar surface area (TPSA) is 24.1 Å². The molecule has 2 heterocycles. The quantitative estimate of drug-likeness (QED) is 0.883. The first-order valence-corrected chi connectivity index (χ1v) is 7.40. The van der Waals surface area contributed by atoms with E-state index >= 15 is 0 Å². The molecule has 2 atom stereocenters. The smallest absolute Gasteiger partial charge is 0.0302 e. The van der Waals surface area contributed by atoms with Crippen LogP contribution in [0.2, 0.25) is 0 Å². The Bertz CT molecular complexity index is 461. The van der Waals surface area contributed by atoms with Gasteiger partial charge in [0.1, 0.15) is 0 Å². The van der Waals surface area contributed by atoms with E-state index in [0.29, 0.717) is 12.0 Å². The second-order valence-electron chi connectivity index (χ2n) is 4.71. The van der Waals surface area contributed by atoms with Gasteiger partial charge in [0.25, 0.3) is 0 Å². The minimum Gasteiger partial charge on any atom is -0.314 e. The Labute approximate surface area is 112 Å². The lowest BCUT2D eigenvalue weighted by Crippen LogP contribution is -2.51. The summed E-state index contributed by atoms with van der Waals surface area (Å²) in [7, 11) is 0. The van der Waals surface area contributed by atoms with Crippen LogP contribution >= 0.6 is 11.3 Å². The third kappa shape index (κ3) is 2.48. The molecule has 2 aromatic rings. The van der Waals surface area contributed by atoms with Gasteiger partial charge >= 0.3 is 0 Å². The summed E-state index contributed by atoms with van der Waals surface area (Å²) in [5, 5.41) is 11.6. The molecular formula is C15H18N2S. The highest BCUT2D eigenvalue weighted by atomic mass is 32.1. The Balaban J connectivity index is 1.93. The maximum Gasteiger partial charge on any atom is 0.0302 e. The molecule has 1 aromatic carbocycles. The van der Waals surface area contributed by atoms with E-state index in [9.17, 15) is 0 Å². The highest BCUT2D eigenvalue weighted by Gasteiger charge is 2.26. The molecule has 18 heavy (non-hydrogen) atoms. The predicted octanol–water partition coefficient (Wildman–Crippen LogP) is 2.44. The molecule has 1 saturated heterocycles. The van der Waals surface area contributed by atoms with Crippen molar-refractivity contribution in [3.8, 4) is 0 Å². The standard InChI is InChI=1S/C15H18N2S/c1-2-4-12(5-3-1)15(13-6-9-18-11-13)14-10-16-7-8-17-14/h1-6,9,11,14-17H,7-8,10H2. The van der Waals surface area contributed by atoms with Crippen molar-refractivity contribution >= 4 is 11.3 Å². The van der Waals surface area contributed by atoms with E-state index in [4.69, 9.17) is 0 Å². The van der Waals surface area contributed by atoms with Crippen LogP contribution < -0.4 is 10.6 Å². The molecule has 2 unspecified atom stereocenters. The zero-order chi connectivity index (χ0) is 12.2. The van der Waals surface area contributed by atoms with Gasteiger partial charge in [-0.25, -0.2) is 0 Å². The van der Waals surface area contributed by atoms with E-state index in [0.717, 1.165) is 19.6 Å². The fourth-order valence-corrected chi connectivity index (χ4v) is 3.38. The maximum atomic E-state index is 3.65. The monoisotopic (exact) mass is 258 g/mol. The lowest BCUT2D eigenvalue weighted by atomic mass is 9.86. The maximum absolute atomic E-state index is 3.65. The average Bonchev–Trinajstić information content (AvgIpc) is 2.95. The molecule has 94 valence electrons. The minimum atomic E-state index is 0.449. The molecule has 0 radical (unpaired) electrons. The molecule has 1 aromatic heterocycles. The number of hydrogen-bond acceptors (Lipinski definition) is 3. The van der Waals surface area contributed by atoms with E-state index in [-0.39, 0.29) is 0 Å². The fourth-order valence-electron chi connectivity index (χ4n) is 2.68. The van der Waals surface area contributed by atoms with Crippen LogP contribution in [0.3, 0.4) is 0 Å². The first kappa shape index (κ1) is 11.9. The zero-order valence-corrected chi connectivity index (χ0v) is 11.1.